The van der Waals surface area contributed by atoms with Crippen LogP contribution in [0.2, 0.25) is 0 Å². The molecular weight excluding hydrogens is 614 g/mol. The maximum absolute atomic E-state index is 14.1. The Morgan fingerprint density at radius 1 is 0.898 bits per heavy atom. The molecule has 0 saturated carbocycles. The lowest BCUT2D eigenvalue weighted by atomic mass is 9.84. The first-order valence-electron chi connectivity index (χ1n) is 16.9. The fraction of sp³-hybridized carbons (Fsp3) is 0.325. The van der Waals surface area contributed by atoms with Gasteiger partial charge in [-0.15, -0.1) is 0 Å². The molecule has 9 nitrogen and oxygen atoms in total. The minimum atomic E-state index is -0.521. The molecule has 2 heterocycles. The second kappa shape index (κ2) is 15.7. The van der Waals surface area contributed by atoms with Crippen LogP contribution in [-0.2, 0) is 25.1 Å². The van der Waals surface area contributed by atoms with E-state index >= 15 is 0 Å². The summed E-state index contributed by atoms with van der Waals surface area (Å²) >= 11 is 0. The average molecular weight is 662 g/mol. The van der Waals surface area contributed by atoms with Gasteiger partial charge >= 0.3 is 6.03 Å². The van der Waals surface area contributed by atoms with Gasteiger partial charge in [0, 0.05) is 36.3 Å². The van der Waals surface area contributed by atoms with Crippen LogP contribution in [0.3, 0.4) is 0 Å². The highest BCUT2D eigenvalue weighted by Gasteiger charge is 2.24. The quantitative estimate of drug-likeness (QED) is 0.131. The van der Waals surface area contributed by atoms with Crippen molar-refractivity contribution in [2.45, 2.75) is 85.6 Å². The van der Waals surface area contributed by atoms with E-state index in [1.54, 1.807) is 17.0 Å². The average Bonchev–Trinajstić information content (AvgIpc) is 3.58. The van der Waals surface area contributed by atoms with Gasteiger partial charge in [-0.25, -0.2) is 4.79 Å². The number of anilines is 2. The van der Waals surface area contributed by atoms with Crippen LogP contribution in [0, 0.1) is 0 Å². The molecule has 0 aliphatic heterocycles. The number of aryl methyl sites for hydroxylation is 1. The molecule has 2 N–H and O–H groups in total. The van der Waals surface area contributed by atoms with E-state index in [1.165, 1.54) is 0 Å². The van der Waals surface area contributed by atoms with Crippen LogP contribution in [0.1, 0.15) is 71.1 Å². The van der Waals surface area contributed by atoms with E-state index in [2.05, 4.69) is 43.4 Å². The second-order valence-electron chi connectivity index (χ2n) is 13.4. The molecule has 0 radical (unpaired) electrons. The predicted octanol–water partition coefficient (Wildman–Crippen LogP) is 8.87. The maximum atomic E-state index is 14.1. The van der Waals surface area contributed by atoms with Crippen molar-refractivity contribution in [1.82, 2.24) is 14.3 Å². The zero-order valence-electron chi connectivity index (χ0n) is 29.3. The fourth-order valence-electron chi connectivity index (χ4n) is 5.66. The number of hydrogen-bond donors (Lipinski definition) is 2. The Hall–Kier alpha value is -5.31. The van der Waals surface area contributed by atoms with Crippen LogP contribution in [0.5, 0.6) is 11.5 Å². The van der Waals surface area contributed by atoms with E-state index in [0.29, 0.717) is 48.0 Å². The van der Waals surface area contributed by atoms with Gasteiger partial charge in [-0.3, -0.25) is 9.48 Å². The van der Waals surface area contributed by atoms with Gasteiger partial charge in [0.1, 0.15) is 23.8 Å². The van der Waals surface area contributed by atoms with Crippen molar-refractivity contribution in [3.8, 4) is 22.6 Å². The van der Waals surface area contributed by atoms with Crippen molar-refractivity contribution in [3.63, 3.8) is 0 Å². The summed E-state index contributed by atoms with van der Waals surface area (Å²) in [5, 5.41) is 10.5. The first-order chi connectivity index (χ1) is 23.5. The van der Waals surface area contributed by atoms with Gasteiger partial charge in [-0.1, -0.05) is 82.6 Å². The number of nitrogens with zero attached hydrogens (tertiary/aromatic N) is 3. The Labute approximate surface area is 288 Å². The van der Waals surface area contributed by atoms with Crippen LogP contribution >= 0.6 is 0 Å². The summed E-state index contributed by atoms with van der Waals surface area (Å²) in [5.74, 6) is 1.19. The topological polar surface area (TPSA) is 99.4 Å². The molecule has 49 heavy (non-hydrogen) atoms. The second-order valence-corrected chi connectivity index (χ2v) is 13.4. The molecular formula is C40H47N5O4. The first-order valence-corrected chi connectivity index (χ1v) is 16.9. The van der Waals surface area contributed by atoms with Gasteiger partial charge in [0.15, 0.2) is 0 Å². The number of para-hydroxylation sites is 1. The third-order valence-electron chi connectivity index (χ3n) is 8.10. The van der Waals surface area contributed by atoms with Gasteiger partial charge in [-0.05, 0) is 72.7 Å². The third-order valence-corrected chi connectivity index (χ3v) is 8.10. The molecule has 0 aliphatic carbocycles. The summed E-state index contributed by atoms with van der Waals surface area (Å²) in [5.41, 5.74) is 4.36. The van der Waals surface area contributed by atoms with E-state index in [0.717, 1.165) is 29.5 Å². The number of ether oxygens (including phenoxy) is 2. The van der Waals surface area contributed by atoms with Gasteiger partial charge in [0.25, 0.3) is 5.56 Å². The molecule has 0 saturated heterocycles. The Bertz CT molecular complexity index is 1910. The highest BCUT2D eigenvalue weighted by molar-refractivity contribution is 6.03. The SMILES string of the molecule is CCCCn1ccc(-c2cc(OCc3ccccc3)ccc2OC(C)C)c(NC(=O)Nc2c(Cn3cccn3)cccc2C(C)(C)C)c1=O. The monoisotopic (exact) mass is 661 g/mol. The summed E-state index contributed by atoms with van der Waals surface area (Å²) < 4.78 is 15.9. The smallest absolute Gasteiger partial charge is 0.323 e. The maximum Gasteiger partial charge on any atom is 0.323 e. The molecule has 3 aromatic carbocycles. The van der Waals surface area contributed by atoms with Crippen molar-refractivity contribution in [3.05, 3.63) is 124 Å². The zero-order valence-corrected chi connectivity index (χ0v) is 29.3. The Morgan fingerprint density at radius 2 is 1.67 bits per heavy atom. The molecule has 256 valence electrons. The number of amides is 2. The van der Waals surface area contributed by atoms with Crippen molar-refractivity contribution >= 4 is 17.4 Å². The minimum absolute atomic E-state index is 0.124. The number of benzene rings is 3. The molecule has 5 aromatic rings. The molecule has 0 bridgehead atoms. The van der Waals surface area contributed by atoms with E-state index < -0.39 is 6.03 Å². The minimum Gasteiger partial charge on any atom is -0.490 e. The highest BCUT2D eigenvalue weighted by Crippen LogP contribution is 2.38. The largest absolute Gasteiger partial charge is 0.490 e. The number of pyridine rings is 1. The van der Waals surface area contributed by atoms with Gasteiger partial charge in [0.05, 0.1) is 18.3 Å². The van der Waals surface area contributed by atoms with Crippen LogP contribution in [0.4, 0.5) is 16.2 Å². The van der Waals surface area contributed by atoms with Crippen LogP contribution < -0.4 is 25.7 Å². The highest BCUT2D eigenvalue weighted by atomic mass is 16.5. The molecule has 0 aliphatic rings. The normalized spacial score (nSPS) is 11.4. The summed E-state index contributed by atoms with van der Waals surface area (Å²) in [7, 11) is 0. The van der Waals surface area contributed by atoms with Gasteiger partial charge in [-0.2, -0.15) is 5.10 Å². The van der Waals surface area contributed by atoms with Crippen molar-refractivity contribution in [2.75, 3.05) is 10.6 Å². The summed E-state index contributed by atoms with van der Waals surface area (Å²) in [4.78, 5) is 28.1. The van der Waals surface area contributed by atoms with E-state index in [9.17, 15) is 9.59 Å². The summed E-state index contributed by atoms with van der Waals surface area (Å²) in [6.45, 7) is 13.7. The molecule has 2 aromatic heterocycles. The Kier molecular flexibility index (Phi) is 11.2. The van der Waals surface area contributed by atoms with E-state index in [-0.39, 0.29) is 22.8 Å². The molecule has 0 spiro atoms. The molecule has 5 rings (SSSR count). The fourth-order valence-corrected chi connectivity index (χ4v) is 5.66. The lowest BCUT2D eigenvalue weighted by Crippen LogP contribution is -2.30. The van der Waals surface area contributed by atoms with Crippen LogP contribution in [0.15, 0.2) is 102 Å². The number of rotatable bonds is 13. The van der Waals surface area contributed by atoms with Gasteiger partial charge in [0.2, 0.25) is 0 Å². The predicted molar refractivity (Wildman–Crippen MR) is 197 cm³/mol. The van der Waals surface area contributed by atoms with Crippen molar-refractivity contribution in [1.29, 1.82) is 0 Å². The number of aromatic nitrogens is 3. The number of hydrogen-bond acceptors (Lipinski definition) is 5. The third kappa shape index (κ3) is 8.99. The molecule has 9 heteroatoms. The lowest BCUT2D eigenvalue weighted by molar-refractivity contribution is 0.242. The van der Waals surface area contributed by atoms with Crippen LogP contribution in [0.25, 0.3) is 11.1 Å². The standard InChI is InChI=1S/C40H47N5O4/c1-7-8-22-44-24-20-32(33-25-31(18-19-35(33)49-28(2)3)48-27-29-14-10-9-11-15-29)37(38(44)46)43-39(47)42-36-30(26-45-23-13-21-41-45)16-12-17-34(36)40(4,5)6/h9-21,23-25,28H,7-8,22,26-27H2,1-6H3,(H2,42,43,47). The molecule has 0 unspecified atom stereocenters. The van der Waals surface area contributed by atoms with Gasteiger partial charge < -0.3 is 24.7 Å². The molecule has 0 atom stereocenters. The molecule has 0 fully saturated rings. The summed E-state index contributed by atoms with van der Waals surface area (Å²) in [6.07, 6.45) is 7.02. The first kappa shape index (κ1) is 35.0. The zero-order chi connectivity index (χ0) is 35.0. The van der Waals surface area contributed by atoms with Crippen LogP contribution in [-0.4, -0.2) is 26.5 Å². The summed E-state index contributed by atoms with van der Waals surface area (Å²) in [6, 6.07) is 24.7. The van der Waals surface area contributed by atoms with E-state index in [1.807, 2.05) is 104 Å². The number of unbranched alkanes of at least 4 members (excludes halogenated alkanes) is 1. The van der Waals surface area contributed by atoms with Crippen molar-refractivity contribution in [2.24, 2.45) is 0 Å². The van der Waals surface area contributed by atoms with Crippen molar-refractivity contribution < 1.29 is 14.3 Å². The lowest BCUT2D eigenvalue weighted by Gasteiger charge is -2.25. The number of carbonyl (C=O) groups excluding carboxylic acids is 1. The number of carbonyl (C=O) groups is 1. The number of urea groups is 1. The van der Waals surface area contributed by atoms with E-state index in [4.69, 9.17) is 9.47 Å². The Balaban J connectivity index is 1.55. The Morgan fingerprint density at radius 3 is 2.37 bits per heavy atom. The number of nitrogens with one attached hydrogen (secondary N) is 2. The molecule has 2 amide bonds.